The Balaban J connectivity index is 3.02. The molecule has 220 valence electrons. The summed E-state index contributed by atoms with van der Waals surface area (Å²) in [6.07, 6.45) is -0.990. The number of hydrogen-bond acceptors (Lipinski definition) is 9. The van der Waals surface area contributed by atoms with Crippen molar-refractivity contribution in [2.45, 2.75) is 114 Å². The molecule has 3 atom stereocenters. The number of hydrogen-bond donors (Lipinski definition) is 1. The number of benzene rings is 1. The summed E-state index contributed by atoms with van der Waals surface area (Å²) in [4.78, 5) is 49.8. The maximum absolute atomic E-state index is 12.7. The smallest absolute Gasteiger partial charge is 0.323 e. The van der Waals surface area contributed by atoms with Crippen LogP contribution in [0.15, 0.2) is 18.2 Å². The van der Waals surface area contributed by atoms with E-state index in [1.165, 1.54) is 12.1 Å². The van der Waals surface area contributed by atoms with Crippen molar-refractivity contribution in [3.05, 3.63) is 23.8 Å². The zero-order valence-corrected chi connectivity index (χ0v) is 25.4. The average Bonchev–Trinajstić information content (AvgIpc) is 2.71. The van der Waals surface area contributed by atoms with E-state index in [9.17, 15) is 19.2 Å². The minimum absolute atomic E-state index is 0.0701. The second-order valence-electron chi connectivity index (χ2n) is 13.5. The highest BCUT2D eigenvalue weighted by Gasteiger charge is 2.29. The molecule has 0 bridgehead atoms. The molecule has 0 aromatic heterocycles. The molecular weight excluding hydrogens is 502 g/mol. The minimum Gasteiger partial charge on any atom is -0.458 e. The standard InChI is InChI=1S/C30H47NO8/c1-18(19(2)37-27(35)30(9,10)11)36-26(34)21(31)14-20-12-13-22(38-24(32)16-28(3,4)5)23(15-20)39-25(33)17-29(6,7)8/h12-13,15,18-19,21H,14,16-17,31H2,1-11H3/t18-,19?,21-/m0/s1. The molecule has 0 saturated carbocycles. The molecule has 0 aliphatic rings. The van der Waals surface area contributed by atoms with Gasteiger partial charge in [-0.3, -0.25) is 19.2 Å². The van der Waals surface area contributed by atoms with Crippen molar-refractivity contribution in [1.82, 2.24) is 0 Å². The second-order valence-corrected chi connectivity index (χ2v) is 13.5. The van der Waals surface area contributed by atoms with Crippen molar-refractivity contribution >= 4 is 23.9 Å². The first-order valence-corrected chi connectivity index (χ1v) is 13.3. The molecule has 0 fully saturated rings. The maximum Gasteiger partial charge on any atom is 0.323 e. The second kappa shape index (κ2) is 13.4. The van der Waals surface area contributed by atoms with Gasteiger partial charge in [-0.05, 0) is 69.6 Å². The van der Waals surface area contributed by atoms with E-state index < -0.39 is 47.5 Å². The summed E-state index contributed by atoms with van der Waals surface area (Å²) in [5.74, 6) is -1.84. The van der Waals surface area contributed by atoms with Crippen LogP contribution >= 0.6 is 0 Å². The van der Waals surface area contributed by atoms with E-state index in [0.29, 0.717) is 5.56 Å². The van der Waals surface area contributed by atoms with Gasteiger partial charge in [0.2, 0.25) is 0 Å². The highest BCUT2D eigenvalue weighted by atomic mass is 16.6. The molecule has 0 radical (unpaired) electrons. The fraction of sp³-hybridized carbons (Fsp3) is 0.667. The Bertz CT molecular complexity index is 1030. The third-order valence-electron chi connectivity index (χ3n) is 5.43. The summed E-state index contributed by atoms with van der Waals surface area (Å²) in [5.41, 5.74) is 5.42. The van der Waals surface area contributed by atoms with Gasteiger partial charge in [-0.15, -0.1) is 0 Å². The topological polar surface area (TPSA) is 131 Å². The van der Waals surface area contributed by atoms with E-state index >= 15 is 0 Å². The Hall–Kier alpha value is -2.94. The number of nitrogens with two attached hydrogens (primary N) is 1. The lowest BCUT2D eigenvalue weighted by Gasteiger charge is -2.25. The van der Waals surface area contributed by atoms with Crippen LogP contribution in [0.3, 0.4) is 0 Å². The first-order chi connectivity index (χ1) is 17.6. The number of esters is 4. The fourth-order valence-electron chi connectivity index (χ4n) is 3.17. The number of carbonyl (C=O) groups is 4. The molecule has 0 aliphatic heterocycles. The van der Waals surface area contributed by atoms with Gasteiger partial charge in [0.25, 0.3) is 0 Å². The van der Waals surface area contributed by atoms with E-state index in [2.05, 4.69) is 0 Å². The zero-order chi connectivity index (χ0) is 30.3. The predicted octanol–water partition coefficient (Wildman–Crippen LogP) is 5.15. The summed E-state index contributed by atoms with van der Waals surface area (Å²) in [5, 5.41) is 0. The minimum atomic E-state index is -1.04. The van der Waals surface area contributed by atoms with E-state index in [-0.39, 0.29) is 41.6 Å². The normalized spacial score (nSPS) is 14.6. The van der Waals surface area contributed by atoms with Gasteiger partial charge in [-0.25, -0.2) is 0 Å². The lowest BCUT2D eigenvalue weighted by atomic mass is 9.92. The van der Waals surface area contributed by atoms with Crippen LogP contribution in [0.25, 0.3) is 0 Å². The van der Waals surface area contributed by atoms with Crippen LogP contribution in [0, 0.1) is 16.2 Å². The van der Waals surface area contributed by atoms with Crippen molar-refractivity contribution in [3.63, 3.8) is 0 Å². The van der Waals surface area contributed by atoms with E-state index in [4.69, 9.17) is 24.7 Å². The van der Waals surface area contributed by atoms with Gasteiger partial charge in [-0.1, -0.05) is 47.6 Å². The van der Waals surface area contributed by atoms with Crippen molar-refractivity contribution in [2.24, 2.45) is 22.0 Å². The summed E-state index contributed by atoms with van der Waals surface area (Å²) >= 11 is 0. The molecule has 2 N–H and O–H groups in total. The van der Waals surface area contributed by atoms with Crippen LogP contribution in [0.5, 0.6) is 11.5 Å². The van der Waals surface area contributed by atoms with E-state index in [1.807, 2.05) is 41.5 Å². The Labute approximate surface area is 233 Å². The molecule has 1 rings (SSSR count). The molecule has 1 aromatic rings. The largest absolute Gasteiger partial charge is 0.458 e. The Morgan fingerprint density at radius 1 is 0.744 bits per heavy atom. The molecule has 39 heavy (non-hydrogen) atoms. The molecular formula is C30H47NO8. The number of rotatable bonds is 10. The monoisotopic (exact) mass is 549 g/mol. The van der Waals surface area contributed by atoms with Crippen molar-refractivity contribution in [1.29, 1.82) is 0 Å². The Kier molecular flexibility index (Phi) is 11.7. The maximum atomic E-state index is 12.7. The van der Waals surface area contributed by atoms with Crippen LogP contribution in [0.2, 0.25) is 0 Å². The summed E-state index contributed by atoms with van der Waals surface area (Å²) in [6, 6.07) is 3.66. The Morgan fingerprint density at radius 3 is 1.67 bits per heavy atom. The van der Waals surface area contributed by atoms with Gasteiger partial charge in [0, 0.05) is 0 Å². The molecule has 0 amide bonds. The average molecular weight is 550 g/mol. The van der Waals surface area contributed by atoms with Crippen molar-refractivity contribution in [2.75, 3.05) is 0 Å². The van der Waals surface area contributed by atoms with Crippen LogP contribution in [0.1, 0.15) is 94.6 Å². The summed E-state index contributed by atoms with van der Waals surface area (Å²) in [6.45, 7) is 19.9. The van der Waals surface area contributed by atoms with Crippen LogP contribution in [0.4, 0.5) is 0 Å². The molecule has 9 nitrogen and oxygen atoms in total. The highest BCUT2D eigenvalue weighted by Crippen LogP contribution is 2.32. The van der Waals surface area contributed by atoms with Gasteiger partial charge in [0.05, 0.1) is 18.3 Å². The van der Waals surface area contributed by atoms with Crippen molar-refractivity contribution < 1.29 is 38.1 Å². The third kappa shape index (κ3) is 13.1. The SMILES string of the molecule is CC(OC(=O)C(C)(C)C)[C@H](C)OC(=O)[C@@H](N)Cc1ccc(OC(=O)CC(C)(C)C)c(OC(=O)CC(C)(C)C)c1. The van der Waals surface area contributed by atoms with Crippen LogP contribution in [-0.4, -0.2) is 42.1 Å². The highest BCUT2D eigenvalue weighted by molar-refractivity contribution is 5.78. The molecule has 1 aromatic carbocycles. The first-order valence-electron chi connectivity index (χ1n) is 13.3. The molecule has 0 saturated heterocycles. The predicted molar refractivity (Wildman–Crippen MR) is 148 cm³/mol. The molecule has 1 unspecified atom stereocenters. The fourth-order valence-corrected chi connectivity index (χ4v) is 3.17. The lowest BCUT2D eigenvalue weighted by Crippen LogP contribution is -2.40. The third-order valence-corrected chi connectivity index (χ3v) is 5.43. The van der Waals surface area contributed by atoms with Gasteiger partial charge in [0.15, 0.2) is 11.5 Å². The molecule has 0 aliphatic carbocycles. The zero-order valence-electron chi connectivity index (χ0n) is 25.4. The van der Waals surface area contributed by atoms with Gasteiger partial charge in [-0.2, -0.15) is 0 Å². The summed E-state index contributed by atoms with van der Waals surface area (Å²) in [7, 11) is 0. The molecule has 0 spiro atoms. The Morgan fingerprint density at radius 2 is 1.21 bits per heavy atom. The lowest BCUT2D eigenvalue weighted by molar-refractivity contribution is -0.171. The summed E-state index contributed by atoms with van der Waals surface area (Å²) < 4.78 is 21.9. The molecule has 0 heterocycles. The van der Waals surface area contributed by atoms with E-state index in [0.717, 1.165) is 0 Å². The van der Waals surface area contributed by atoms with E-state index in [1.54, 1.807) is 40.7 Å². The quantitative estimate of drug-likeness (QED) is 0.311. The number of ether oxygens (including phenoxy) is 4. The molecule has 9 heteroatoms. The van der Waals surface area contributed by atoms with Crippen LogP contribution in [-0.2, 0) is 35.1 Å². The van der Waals surface area contributed by atoms with Crippen LogP contribution < -0.4 is 15.2 Å². The number of carbonyl (C=O) groups excluding carboxylic acids is 4. The van der Waals surface area contributed by atoms with Crippen molar-refractivity contribution in [3.8, 4) is 11.5 Å². The van der Waals surface area contributed by atoms with Gasteiger partial charge >= 0.3 is 23.9 Å². The first kappa shape index (κ1) is 34.1. The van der Waals surface area contributed by atoms with Gasteiger partial charge in [0.1, 0.15) is 18.2 Å². The van der Waals surface area contributed by atoms with Gasteiger partial charge < -0.3 is 24.7 Å².